The molecule has 80 valence electrons. The first-order valence-corrected chi connectivity index (χ1v) is 4.02. The Hall–Kier alpha value is -1.27. The Kier molecular flexibility index (Phi) is 2.97. The zero-order valence-corrected chi connectivity index (χ0v) is 7.72. The van der Waals surface area contributed by atoms with Crippen LogP contribution < -0.4 is 5.32 Å². The Morgan fingerprint density at radius 1 is 1.36 bits per heavy atom. The standard InChI is InChI=1S/C7H10F3N3O/c1-4(2)5-12-13-6(14-5)11-3-7(8,9)10/h4H,3H2,1-2H3,(H,11,13). The summed E-state index contributed by atoms with van der Waals surface area (Å²) in [5, 5.41) is 8.98. The van der Waals surface area contributed by atoms with Crippen molar-refractivity contribution in [3.05, 3.63) is 5.89 Å². The molecule has 0 aliphatic rings. The van der Waals surface area contributed by atoms with Crippen LogP contribution in [0.5, 0.6) is 0 Å². The Labute approximate surface area is 78.5 Å². The van der Waals surface area contributed by atoms with Crippen LogP contribution in [0, 0.1) is 0 Å². The summed E-state index contributed by atoms with van der Waals surface area (Å²) in [6.45, 7) is 2.44. The fraction of sp³-hybridized carbons (Fsp3) is 0.714. The normalized spacial score (nSPS) is 12.1. The van der Waals surface area contributed by atoms with Gasteiger partial charge in [0.2, 0.25) is 5.89 Å². The number of hydrogen-bond acceptors (Lipinski definition) is 4. The molecule has 1 rings (SSSR count). The highest BCUT2D eigenvalue weighted by atomic mass is 19.4. The van der Waals surface area contributed by atoms with Crippen molar-refractivity contribution < 1.29 is 17.6 Å². The summed E-state index contributed by atoms with van der Waals surface area (Å²) in [5.41, 5.74) is 0. The van der Waals surface area contributed by atoms with Gasteiger partial charge in [0, 0.05) is 5.92 Å². The maximum Gasteiger partial charge on any atom is 0.405 e. The van der Waals surface area contributed by atoms with Crippen molar-refractivity contribution in [3.63, 3.8) is 0 Å². The lowest BCUT2D eigenvalue weighted by Crippen LogP contribution is -2.21. The number of nitrogens with zero attached hydrogens (tertiary/aromatic N) is 2. The Morgan fingerprint density at radius 3 is 2.43 bits per heavy atom. The van der Waals surface area contributed by atoms with Gasteiger partial charge in [0.1, 0.15) is 6.54 Å². The van der Waals surface area contributed by atoms with E-state index >= 15 is 0 Å². The van der Waals surface area contributed by atoms with Gasteiger partial charge >= 0.3 is 12.2 Å². The molecule has 0 unspecified atom stereocenters. The van der Waals surface area contributed by atoms with E-state index in [0.29, 0.717) is 5.89 Å². The molecule has 0 amide bonds. The predicted molar refractivity (Wildman–Crippen MR) is 42.9 cm³/mol. The van der Waals surface area contributed by atoms with Crippen LogP contribution in [0.1, 0.15) is 25.7 Å². The molecule has 0 bridgehead atoms. The molecule has 0 aliphatic heterocycles. The van der Waals surface area contributed by atoms with Crippen molar-refractivity contribution in [3.8, 4) is 0 Å². The van der Waals surface area contributed by atoms with E-state index in [1.165, 1.54) is 0 Å². The van der Waals surface area contributed by atoms with E-state index < -0.39 is 12.7 Å². The van der Waals surface area contributed by atoms with E-state index in [1.807, 2.05) is 5.32 Å². The maximum atomic E-state index is 11.8. The molecule has 1 heterocycles. The largest absolute Gasteiger partial charge is 0.408 e. The molecule has 0 saturated carbocycles. The summed E-state index contributed by atoms with van der Waals surface area (Å²) in [7, 11) is 0. The molecule has 7 heteroatoms. The molecule has 0 saturated heterocycles. The molecule has 0 atom stereocenters. The minimum absolute atomic E-state index is 0.00365. The second kappa shape index (κ2) is 3.85. The van der Waals surface area contributed by atoms with Gasteiger partial charge in [-0.05, 0) is 0 Å². The first kappa shape index (κ1) is 10.8. The second-order valence-corrected chi connectivity index (χ2v) is 3.07. The molecular weight excluding hydrogens is 199 g/mol. The van der Waals surface area contributed by atoms with Crippen molar-refractivity contribution in [2.75, 3.05) is 11.9 Å². The van der Waals surface area contributed by atoms with Crippen LogP contribution in [0.3, 0.4) is 0 Å². The lowest BCUT2D eigenvalue weighted by Gasteiger charge is -2.04. The van der Waals surface area contributed by atoms with Crippen molar-refractivity contribution in [1.29, 1.82) is 0 Å². The molecule has 4 nitrogen and oxygen atoms in total. The summed E-state index contributed by atoms with van der Waals surface area (Å²) in [6.07, 6.45) is -4.29. The average Bonchev–Trinajstić information content (AvgIpc) is 2.47. The third kappa shape index (κ3) is 3.23. The lowest BCUT2D eigenvalue weighted by atomic mass is 10.2. The summed E-state index contributed by atoms with van der Waals surface area (Å²) >= 11 is 0. The minimum Gasteiger partial charge on any atom is -0.408 e. The zero-order valence-electron chi connectivity index (χ0n) is 7.72. The Balaban J connectivity index is 2.52. The van der Waals surface area contributed by atoms with E-state index in [0.717, 1.165) is 0 Å². The average molecular weight is 209 g/mol. The first-order valence-electron chi connectivity index (χ1n) is 4.02. The number of aromatic nitrogens is 2. The number of rotatable bonds is 3. The quantitative estimate of drug-likeness (QED) is 0.828. The van der Waals surface area contributed by atoms with Crippen molar-refractivity contribution >= 4 is 6.01 Å². The summed E-state index contributed by atoms with van der Waals surface area (Å²) < 4.78 is 40.2. The van der Waals surface area contributed by atoms with Crippen molar-refractivity contribution in [1.82, 2.24) is 10.2 Å². The fourth-order valence-corrected chi connectivity index (χ4v) is 0.715. The van der Waals surface area contributed by atoms with Gasteiger partial charge in [0.15, 0.2) is 0 Å². The van der Waals surface area contributed by atoms with Crippen molar-refractivity contribution in [2.45, 2.75) is 25.9 Å². The van der Waals surface area contributed by atoms with Gasteiger partial charge in [0.05, 0.1) is 0 Å². The highest BCUT2D eigenvalue weighted by Gasteiger charge is 2.27. The SMILES string of the molecule is CC(C)c1nnc(NCC(F)(F)F)o1. The molecule has 1 aromatic rings. The minimum atomic E-state index is -4.29. The smallest absolute Gasteiger partial charge is 0.405 e. The summed E-state index contributed by atoms with van der Waals surface area (Å²) in [4.78, 5) is 0. The Bertz CT molecular complexity index is 295. The van der Waals surface area contributed by atoms with E-state index in [1.54, 1.807) is 13.8 Å². The predicted octanol–water partition coefficient (Wildman–Crippen LogP) is 2.17. The summed E-state index contributed by atoms with van der Waals surface area (Å²) in [6, 6.07) is -0.203. The van der Waals surface area contributed by atoms with Crippen LogP contribution in [0.2, 0.25) is 0 Å². The number of hydrogen-bond donors (Lipinski definition) is 1. The molecule has 0 radical (unpaired) electrons. The highest BCUT2D eigenvalue weighted by molar-refractivity contribution is 5.17. The number of nitrogens with one attached hydrogen (secondary N) is 1. The molecule has 0 aromatic carbocycles. The number of alkyl halides is 3. The first-order chi connectivity index (χ1) is 6.38. The van der Waals surface area contributed by atoms with Gasteiger partial charge in [-0.3, -0.25) is 0 Å². The number of anilines is 1. The van der Waals surface area contributed by atoms with Gasteiger partial charge in [0.25, 0.3) is 0 Å². The van der Waals surface area contributed by atoms with Gasteiger partial charge in [-0.15, -0.1) is 5.10 Å². The van der Waals surface area contributed by atoms with Gasteiger partial charge in [-0.2, -0.15) is 13.2 Å². The van der Waals surface area contributed by atoms with Gasteiger partial charge in [-0.1, -0.05) is 18.9 Å². The maximum absolute atomic E-state index is 11.8. The lowest BCUT2D eigenvalue weighted by molar-refractivity contribution is -0.115. The van der Waals surface area contributed by atoms with Crippen LogP contribution in [0.15, 0.2) is 4.42 Å². The molecule has 0 aliphatic carbocycles. The third-order valence-corrected chi connectivity index (χ3v) is 1.37. The molecular formula is C7H10F3N3O. The van der Waals surface area contributed by atoms with Crippen LogP contribution in [0.25, 0.3) is 0 Å². The van der Waals surface area contributed by atoms with Crippen LogP contribution >= 0.6 is 0 Å². The topological polar surface area (TPSA) is 51.0 Å². The second-order valence-electron chi connectivity index (χ2n) is 3.07. The molecule has 1 N–H and O–H groups in total. The van der Waals surface area contributed by atoms with E-state index in [4.69, 9.17) is 4.42 Å². The van der Waals surface area contributed by atoms with Gasteiger partial charge in [-0.25, -0.2) is 0 Å². The monoisotopic (exact) mass is 209 g/mol. The molecule has 1 aromatic heterocycles. The van der Waals surface area contributed by atoms with Gasteiger partial charge < -0.3 is 9.73 Å². The Morgan fingerprint density at radius 2 is 2.00 bits per heavy atom. The summed E-state index contributed by atoms with van der Waals surface area (Å²) in [5.74, 6) is 0.318. The molecule has 0 spiro atoms. The van der Waals surface area contributed by atoms with E-state index in [2.05, 4.69) is 10.2 Å². The van der Waals surface area contributed by atoms with Crippen molar-refractivity contribution in [2.24, 2.45) is 0 Å². The molecule has 0 fully saturated rings. The van der Waals surface area contributed by atoms with Crippen LogP contribution in [-0.2, 0) is 0 Å². The highest BCUT2D eigenvalue weighted by Crippen LogP contribution is 2.18. The molecule has 14 heavy (non-hydrogen) atoms. The number of halogens is 3. The zero-order chi connectivity index (χ0) is 10.8. The fourth-order valence-electron chi connectivity index (χ4n) is 0.715. The van der Waals surface area contributed by atoms with Crippen LogP contribution in [-0.4, -0.2) is 22.9 Å². The third-order valence-electron chi connectivity index (χ3n) is 1.37. The van der Waals surface area contributed by atoms with Crippen LogP contribution in [0.4, 0.5) is 19.2 Å². The van der Waals surface area contributed by atoms with E-state index in [9.17, 15) is 13.2 Å². The van der Waals surface area contributed by atoms with E-state index in [-0.39, 0.29) is 11.9 Å².